The summed E-state index contributed by atoms with van der Waals surface area (Å²) in [5, 5.41) is 18.1. The fraction of sp³-hybridized carbons (Fsp3) is 0.182. The van der Waals surface area contributed by atoms with E-state index in [0.29, 0.717) is 60.9 Å². The Hall–Kier alpha value is -13.6. The molecule has 18 nitrogen and oxygen atoms in total. The average Bonchev–Trinajstić information content (AvgIpc) is 1.63. The molecule has 3 N–H and O–H groups in total. The lowest BCUT2D eigenvalue weighted by Gasteiger charge is -2.40. The van der Waals surface area contributed by atoms with E-state index in [-0.39, 0.29) is 17.9 Å². The second-order valence-corrected chi connectivity index (χ2v) is 29.2. The van der Waals surface area contributed by atoms with Crippen LogP contribution in [0.5, 0.6) is 23.0 Å². The van der Waals surface area contributed by atoms with Gasteiger partial charge in [-0.2, -0.15) is 27.5 Å². The monoisotopic (exact) mass is 1630 g/mol. The summed E-state index contributed by atoms with van der Waals surface area (Å²) in [7, 11) is 6.25. The van der Waals surface area contributed by atoms with Crippen LogP contribution in [-0.2, 0) is 46.0 Å². The van der Waals surface area contributed by atoms with E-state index in [1.165, 1.54) is 38.6 Å². The number of nitrogens with zero attached hydrogens (tertiary/aromatic N) is 4. The van der Waals surface area contributed by atoms with Crippen molar-refractivity contribution in [2.75, 3.05) is 39.1 Å². The van der Waals surface area contributed by atoms with Crippen molar-refractivity contribution in [3.63, 3.8) is 0 Å². The summed E-state index contributed by atoms with van der Waals surface area (Å²) in [6.45, 7) is 1.36. The van der Waals surface area contributed by atoms with Crippen LogP contribution in [0.15, 0.2) is 374 Å². The first kappa shape index (κ1) is 82.5. The lowest BCUT2D eigenvalue weighted by Crippen LogP contribution is -2.50. The zero-order chi connectivity index (χ0) is 84.4. The highest BCUT2D eigenvalue weighted by molar-refractivity contribution is 5.62. The van der Waals surface area contributed by atoms with Gasteiger partial charge in [-0.1, -0.05) is 291 Å². The van der Waals surface area contributed by atoms with Gasteiger partial charge in [0.05, 0.1) is 34.5 Å². The number of alkyl halides is 4. The predicted octanol–water partition coefficient (Wildman–Crippen LogP) is 17.7. The molecule has 7 atom stereocenters. The maximum absolute atomic E-state index is 17.4. The minimum absolute atomic E-state index is 0.104. The van der Waals surface area contributed by atoms with Crippen molar-refractivity contribution in [1.29, 1.82) is 0 Å². The molecule has 0 aliphatic carbocycles. The molecule has 0 radical (unpaired) electrons. The number of carbonyl (C=O) groups is 1. The number of methoxy groups -OCH3 is 4. The number of aldehydes is 1. The topological polar surface area (TPSA) is 205 Å². The summed E-state index contributed by atoms with van der Waals surface area (Å²) in [6.07, 6.45) is -10.8. The van der Waals surface area contributed by atoms with Gasteiger partial charge in [-0.05, 0) is 134 Å². The smallest absolute Gasteiger partial charge is 0.351 e. The number of nitrogens with one attached hydrogen (secondary N) is 2. The van der Waals surface area contributed by atoms with Crippen LogP contribution in [0.3, 0.4) is 0 Å². The maximum Gasteiger partial charge on any atom is 0.351 e. The van der Waals surface area contributed by atoms with Crippen LogP contribution in [0.25, 0.3) is 0 Å². The Morgan fingerprint density at radius 2 is 0.603 bits per heavy atom. The molecule has 2 aliphatic rings. The fourth-order valence-corrected chi connectivity index (χ4v) is 16.3. The number of anilines is 2. The quantitative estimate of drug-likeness (QED) is 0.0237. The molecule has 4 heterocycles. The van der Waals surface area contributed by atoms with Crippen molar-refractivity contribution in [3.8, 4) is 23.0 Å². The van der Waals surface area contributed by atoms with Crippen LogP contribution in [-0.4, -0.2) is 101 Å². The minimum atomic E-state index is -3.94. The number of aliphatic hydroxyl groups excluding tert-OH is 1. The fourth-order valence-electron chi connectivity index (χ4n) is 16.3. The summed E-state index contributed by atoms with van der Waals surface area (Å²) < 4.78 is 118. The van der Waals surface area contributed by atoms with Gasteiger partial charge in [-0.15, -0.1) is 0 Å². The Morgan fingerprint density at radius 3 is 0.868 bits per heavy atom. The highest BCUT2D eigenvalue weighted by atomic mass is 19.3. The predicted molar refractivity (Wildman–Crippen MR) is 452 cm³/mol. The van der Waals surface area contributed by atoms with Gasteiger partial charge < -0.3 is 58.4 Å². The lowest BCUT2D eigenvalue weighted by molar-refractivity contribution is -0.182. The van der Waals surface area contributed by atoms with Crippen LogP contribution in [0, 0.1) is 0 Å². The molecule has 12 aromatic carbocycles. The molecular weight excluding hydrogens is 1540 g/mol. The molecule has 612 valence electrons. The number of aromatic nitrogens is 4. The van der Waals surface area contributed by atoms with E-state index in [9.17, 15) is 19.5 Å². The van der Waals surface area contributed by atoms with Crippen LogP contribution in [0.4, 0.5) is 29.2 Å². The molecule has 0 saturated carbocycles. The van der Waals surface area contributed by atoms with E-state index in [2.05, 4.69) is 20.6 Å². The molecule has 0 amide bonds. The number of benzene rings is 12. The second-order valence-electron chi connectivity index (χ2n) is 29.2. The van der Waals surface area contributed by atoms with Gasteiger partial charge in [-0.25, -0.2) is 9.59 Å². The van der Waals surface area contributed by atoms with Crippen molar-refractivity contribution >= 4 is 17.9 Å². The van der Waals surface area contributed by atoms with Gasteiger partial charge in [0.2, 0.25) is 12.5 Å². The van der Waals surface area contributed by atoms with Crippen LogP contribution < -0.4 is 41.0 Å². The normalized spacial score (nSPS) is 17.7. The van der Waals surface area contributed by atoms with E-state index in [4.69, 9.17) is 37.9 Å². The molecule has 2 unspecified atom stereocenters. The Morgan fingerprint density at radius 1 is 0.364 bits per heavy atom. The first-order chi connectivity index (χ1) is 58.8. The van der Waals surface area contributed by atoms with Crippen molar-refractivity contribution < 1.29 is 65.4 Å². The zero-order valence-electron chi connectivity index (χ0n) is 66.5. The number of ether oxygens (including phenoxy) is 8. The van der Waals surface area contributed by atoms with E-state index in [0.717, 1.165) is 37.9 Å². The molecule has 16 rings (SSSR count). The van der Waals surface area contributed by atoms with Crippen molar-refractivity contribution in [2.45, 2.75) is 84.0 Å². The second kappa shape index (κ2) is 35.5. The van der Waals surface area contributed by atoms with Crippen LogP contribution in [0.2, 0.25) is 0 Å². The first-order valence-electron chi connectivity index (χ1n) is 39.2. The SMILES string of the molecule is COc1ccc(C(Nc2ccn(C3O[C@H](C=O)[C@@H](OC(c4ccccc4)(c4ccccc4)c4ccc(OC)cc4)C3(F)F)c(=O)n2)(c2ccccc2)c2ccccc2)cc1.COc1ccc(C(Nc2ccn(C3O[C@H]([C@@H](C)O)[C@@H](OC(c4ccccc4)(c4ccccc4)c4ccc(OC)cc4)C3(F)F)c(=O)n2)(c2ccccc2)c2ccccc2)cc1. The molecule has 2 aromatic heterocycles. The summed E-state index contributed by atoms with van der Waals surface area (Å²) in [4.78, 5) is 49.6. The van der Waals surface area contributed by atoms with Gasteiger partial charge in [0.25, 0.3) is 0 Å². The maximum atomic E-state index is 17.4. The first-order valence-corrected chi connectivity index (χ1v) is 39.2. The molecule has 121 heavy (non-hydrogen) atoms. The van der Waals surface area contributed by atoms with Crippen molar-refractivity contribution in [3.05, 3.63) is 452 Å². The third-order valence-corrected chi connectivity index (χ3v) is 22.2. The third kappa shape index (κ3) is 15.9. The third-order valence-electron chi connectivity index (χ3n) is 22.2. The molecule has 22 heteroatoms. The number of carbonyl (C=O) groups excluding carboxylic acids is 1. The largest absolute Gasteiger partial charge is 0.497 e. The number of halogens is 4. The summed E-state index contributed by atoms with van der Waals surface area (Å²) >= 11 is 0. The summed E-state index contributed by atoms with van der Waals surface area (Å²) in [6, 6.07) is 106. The molecule has 0 spiro atoms. The van der Waals surface area contributed by atoms with E-state index < -0.39 is 88.5 Å². The minimum Gasteiger partial charge on any atom is -0.497 e. The molecule has 2 aliphatic heterocycles. The highest BCUT2D eigenvalue weighted by Crippen LogP contribution is 2.54. The molecule has 2 saturated heterocycles. The van der Waals surface area contributed by atoms with Crippen molar-refractivity contribution in [1.82, 2.24) is 19.1 Å². The van der Waals surface area contributed by atoms with Crippen LogP contribution in [0.1, 0.15) is 86.1 Å². The van der Waals surface area contributed by atoms with E-state index in [1.54, 1.807) is 167 Å². The number of rotatable bonds is 28. The molecule has 2 fully saturated rings. The molecule has 0 bridgehead atoms. The van der Waals surface area contributed by atoms with Gasteiger partial charge in [0, 0.05) is 12.4 Å². The Labute approximate surface area is 696 Å². The molecule has 14 aromatic rings. The van der Waals surface area contributed by atoms with Gasteiger partial charge in [-0.3, -0.25) is 9.13 Å². The lowest BCUT2D eigenvalue weighted by atomic mass is 9.77. The number of hydrogen-bond acceptors (Lipinski definition) is 16. The van der Waals surface area contributed by atoms with Gasteiger partial charge in [0.15, 0.2) is 18.5 Å². The number of hydrogen-bond donors (Lipinski definition) is 3. The molecular formula is C99H86F4N6O12. The van der Waals surface area contributed by atoms with Crippen molar-refractivity contribution in [2.24, 2.45) is 0 Å². The zero-order valence-corrected chi connectivity index (χ0v) is 66.5. The van der Waals surface area contributed by atoms with E-state index in [1.807, 2.05) is 194 Å². The highest BCUT2D eigenvalue weighted by Gasteiger charge is 2.66. The Kier molecular flexibility index (Phi) is 24.2. The standard InChI is InChI=1S/C50H45F2N3O6.C49H41F2N3O6/c1-34(56)44-45(61-49(38-20-12-6-13-21-38,39-22-14-7-15-23-39)40-26-30-42(59-3)31-27-40)50(51,52)46(60-44)55-33-32-43(53-47(55)57)54-48(35-16-8-4-9-17-35,36-18-10-5-11-19-36)37-24-28-41(58-2)29-25-37;1-57-40-27-23-36(24-28-40)47(34-15-7-3-8-16-34,35-17-9-4-10-18-35)53-43-31-32-54(46(56)52-43)45-49(50,51)44(42(33-55)59-45)60-48(37-19-11-5-12-20-37,38-21-13-6-14-22-38)39-25-29-41(58-2)30-26-39/h4-34,44-46,56H,1-3H3,(H,53,54,57);3-33,42,44-45H,1-2H3,(H,52,53,56)/t34-,44-,45-,46?;42-,44-,45?/m11/s1. The van der Waals surface area contributed by atoms with Gasteiger partial charge in [0.1, 0.15) is 69.1 Å². The Bertz CT molecular complexity index is 5730. The summed E-state index contributed by atoms with van der Waals surface area (Å²) in [5.41, 5.74) is 0.566. The van der Waals surface area contributed by atoms with Gasteiger partial charge >= 0.3 is 23.2 Å². The van der Waals surface area contributed by atoms with E-state index >= 15 is 17.6 Å². The number of aliphatic hydroxyl groups is 1. The summed E-state index contributed by atoms with van der Waals surface area (Å²) in [5.74, 6) is -5.18. The average molecular weight is 1630 g/mol. The van der Waals surface area contributed by atoms with Crippen LogP contribution >= 0.6 is 0 Å². The Balaban J connectivity index is 0.000000188.